The molecule has 23 heavy (non-hydrogen) atoms. The molecule has 4 N–H and O–H groups in total. The van der Waals surface area contributed by atoms with E-state index in [1.165, 1.54) is 0 Å². The molecule has 9 heteroatoms. The van der Waals surface area contributed by atoms with E-state index in [9.17, 15) is 18.0 Å². The molecule has 3 amide bonds. The summed E-state index contributed by atoms with van der Waals surface area (Å²) in [6.45, 7) is 5.52. The fourth-order valence-corrected chi connectivity index (χ4v) is 2.38. The molecule has 0 aliphatic rings. The fraction of sp³-hybridized carbons (Fsp3) is 0.429. The zero-order chi connectivity index (χ0) is 17.6. The molecule has 0 aliphatic heterocycles. The maximum Gasteiger partial charge on any atom is 0.321 e. The smallest absolute Gasteiger partial charge is 0.321 e. The monoisotopic (exact) mass is 342 g/mol. The highest BCUT2D eigenvalue weighted by Crippen LogP contribution is 2.21. The van der Waals surface area contributed by atoms with Gasteiger partial charge in [0.1, 0.15) is 6.04 Å². The van der Waals surface area contributed by atoms with Crippen molar-refractivity contribution < 1.29 is 18.0 Å². The SMILES string of the molecule is CCNC(=O)NC(=O)C(C)Nc1ccc(C)c(NS(C)(=O)=O)c1. The van der Waals surface area contributed by atoms with Gasteiger partial charge in [0, 0.05) is 12.2 Å². The summed E-state index contributed by atoms with van der Waals surface area (Å²) in [6.07, 6.45) is 1.06. The van der Waals surface area contributed by atoms with E-state index in [1.807, 2.05) is 0 Å². The van der Waals surface area contributed by atoms with Crippen molar-refractivity contribution in [3.63, 3.8) is 0 Å². The Kier molecular flexibility index (Phi) is 6.38. The minimum atomic E-state index is -3.39. The molecule has 1 aromatic rings. The number of carbonyl (C=O) groups excluding carboxylic acids is 2. The van der Waals surface area contributed by atoms with Gasteiger partial charge in [-0.05, 0) is 38.5 Å². The van der Waals surface area contributed by atoms with Gasteiger partial charge in [-0.3, -0.25) is 14.8 Å². The van der Waals surface area contributed by atoms with Crippen LogP contribution in [0.2, 0.25) is 0 Å². The first-order valence-corrected chi connectivity index (χ1v) is 8.95. The van der Waals surface area contributed by atoms with Crippen LogP contribution in [-0.4, -0.2) is 39.2 Å². The number of imide groups is 1. The second-order valence-electron chi connectivity index (χ2n) is 5.12. The Labute approximate surface area is 136 Å². The van der Waals surface area contributed by atoms with E-state index in [-0.39, 0.29) is 0 Å². The van der Waals surface area contributed by atoms with Crippen LogP contribution < -0.4 is 20.7 Å². The zero-order valence-electron chi connectivity index (χ0n) is 13.6. The minimum absolute atomic E-state index is 0.416. The van der Waals surface area contributed by atoms with Crippen LogP contribution in [0.25, 0.3) is 0 Å². The molecule has 1 rings (SSSR count). The molecule has 0 saturated carbocycles. The normalized spacial score (nSPS) is 12.2. The van der Waals surface area contributed by atoms with Gasteiger partial charge in [-0.1, -0.05) is 6.07 Å². The molecule has 0 saturated heterocycles. The molecule has 0 aliphatic carbocycles. The van der Waals surface area contributed by atoms with Crippen molar-refractivity contribution in [2.24, 2.45) is 0 Å². The highest BCUT2D eigenvalue weighted by Gasteiger charge is 2.16. The van der Waals surface area contributed by atoms with E-state index in [1.54, 1.807) is 39.0 Å². The highest BCUT2D eigenvalue weighted by molar-refractivity contribution is 7.92. The van der Waals surface area contributed by atoms with Crippen LogP contribution in [0.5, 0.6) is 0 Å². The molecule has 0 spiro atoms. The van der Waals surface area contributed by atoms with Crippen molar-refractivity contribution >= 4 is 33.3 Å². The molecule has 0 heterocycles. The number of benzene rings is 1. The minimum Gasteiger partial charge on any atom is -0.374 e. The number of amides is 3. The summed E-state index contributed by atoms with van der Waals surface area (Å²) < 4.78 is 25.1. The molecule has 0 fully saturated rings. The van der Waals surface area contributed by atoms with Crippen LogP contribution in [0.1, 0.15) is 19.4 Å². The molecule has 1 aromatic carbocycles. The molecule has 128 valence electrons. The Morgan fingerprint density at radius 2 is 1.91 bits per heavy atom. The number of urea groups is 1. The van der Waals surface area contributed by atoms with Gasteiger partial charge in [0.15, 0.2) is 0 Å². The van der Waals surface area contributed by atoms with Crippen LogP contribution in [0.3, 0.4) is 0 Å². The van der Waals surface area contributed by atoms with Gasteiger partial charge >= 0.3 is 6.03 Å². The summed E-state index contributed by atoms with van der Waals surface area (Å²) in [5.41, 5.74) is 1.73. The van der Waals surface area contributed by atoms with Crippen molar-refractivity contribution in [2.45, 2.75) is 26.8 Å². The van der Waals surface area contributed by atoms with Crippen LogP contribution in [0, 0.1) is 6.92 Å². The van der Waals surface area contributed by atoms with Crippen molar-refractivity contribution in [3.05, 3.63) is 23.8 Å². The zero-order valence-corrected chi connectivity index (χ0v) is 14.4. The van der Waals surface area contributed by atoms with Gasteiger partial charge in [0.25, 0.3) is 0 Å². The Morgan fingerprint density at radius 3 is 2.48 bits per heavy atom. The number of hydrogen-bond acceptors (Lipinski definition) is 5. The van der Waals surface area contributed by atoms with Crippen molar-refractivity contribution in [1.82, 2.24) is 10.6 Å². The third-order valence-electron chi connectivity index (χ3n) is 2.88. The van der Waals surface area contributed by atoms with E-state index >= 15 is 0 Å². The molecule has 1 unspecified atom stereocenters. The van der Waals surface area contributed by atoms with Gasteiger partial charge in [-0.15, -0.1) is 0 Å². The number of rotatable bonds is 6. The topological polar surface area (TPSA) is 116 Å². The molecule has 1 atom stereocenters. The maximum absolute atomic E-state index is 11.9. The van der Waals surface area contributed by atoms with E-state index in [0.717, 1.165) is 11.8 Å². The third kappa shape index (κ3) is 6.55. The number of hydrogen-bond donors (Lipinski definition) is 4. The molecule has 0 radical (unpaired) electrons. The number of nitrogens with one attached hydrogen (secondary N) is 4. The number of anilines is 2. The predicted octanol–water partition coefficient (Wildman–Crippen LogP) is 1.01. The quantitative estimate of drug-likeness (QED) is 0.616. The number of aryl methyl sites for hydroxylation is 1. The first-order chi connectivity index (χ1) is 10.6. The predicted molar refractivity (Wildman–Crippen MR) is 89.9 cm³/mol. The molecule has 8 nitrogen and oxygen atoms in total. The van der Waals surface area contributed by atoms with Gasteiger partial charge in [-0.2, -0.15) is 0 Å². The van der Waals surface area contributed by atoms with Gasteiger partial charge in [0.2, 0.25) is 15.9 Å². The average molecular weight is 342 g/mol. The van der Waals surface area contributed by atoms with E-state index in [4.69, 9.17) is 0 Å². The Bertz CT molecular complexity index is 688. The summed E-state index contributed by atoms with van der Waals surface area (Å²) in [4.78, 5) is 23.2. The maximum atomic E-state index is 11.9. The summed E-state index contributed by atoms with van der Waals surface area (Å²) in [5.74, 6) is -0.492. The van der Waals surface area contributed by atoms with Crippen LogP contribution in [0.15, 0.2) is 18.2 Å². The van der Waals surface area contributed by atoms with E-state index in [2.05, 4.69) is 20.7 Å². The Hall–Kier alpha value is -2.29. The van der Waals surface area contributed by atoms with Crippen LogP contribution in [-0.2, 0) is 14.8 Å². The second-order valence-corrected chi connectivity index (χ2v) is 6.87. The number of carbonyl (C=O) groups is 2. The van der Waals surface area contributed by atoms with E-state index in [0.29, 0.717) is 17.9 Å². The summed E-state index contributed by atoms with van der Waals surface area (Å²) in [6, 6.07) is 3.80. The summed E-state index contributed by atoms with van der Waals surface area (Å²) in [5, 5.41) is 7.58. The molecule has 0 aromatic heterocycles. The standard InChI is InChI=1S/C14H22N4O4S/c1-5-15-14(20)17-13(19)10(3)16-11-7-6-9(2)12(8-11)18-23(4,21)22/h6-8,10,16,18H,5H2,1-4H3,(H2,15,17,19,20). The Balaban J connectivity index is 2.78. The average Bonchev–Trinajstić information content (AvgIpc) is 2.41. The molecular formula is C14H22N4O4S. The third-order valence-corrected chi connectivity index (χ3v) is 3.47. The first kappa shape index (κ1) is 18.8. The van der Waals surface area contributed by atoms with Crippen molar-refractivity contribution in [2.75, 3.05) is 22.8 Å². The van der Waals surface area contributed by atoms with Crippen molar-refractivity contribution in [3.8, 4) is 0 Å². The second kappa shape index (κ2) is 7.82. The van der Waals surface area contributed by atoms with Crippen LogP contribution >= 0.6 is 0 Å². The lowest BCUT2D eigenvalue weighted by atomic mass is 10.1. The lowest BCUT2D eigenvalue weighted by molar-refractivity contribution is -0.120. The molecule has 0 bridgehead atoms. The number of sulfonamides is 1. The fourth-order valence-electron chi connectivity index (χ4n) is 1.76. The van der Waals surface area contributed by atoms with Gasteiger partial charge in [0.05, 0.1) is 11.9 Å². The van der Waals surface area contributed by atoms with Gasteiger partial charge < -0.3 is 10.6 Å². The molecular weight excluding hydrogens is 320 g/mol. The van der Waals surface area contributed by atoms with Gasteiger partial charge in [-0.25, -0.2) is 13.2 Å². The van der Waals surface area contributed by atoms with Crippen LogP contribution in [0.4, 0.5) is 16.2 Å². The lowest BCUT2D eigenvalue weighted by Gasteiger charge is -2.16. The van der Waals surface area contributed by atoms with E-state index < -0.39 is 28.0 Å². The van der Waals surface area contributed by atoms with Crippen molar-refractivity contribution in [1.29, 1.82) is 0 Å². The lowest BCUT2D eigenvalue weighted by Crippen LogP contribution is -2.45. The summed E-state index contributed by atoms with van der Waals surface area (Å²) >= 11 is 0. The Morgan fingerprint density at radius 1 is 1.26 bits per heavy atom. The summed E-state index contributed by atoms with van der Waals surface area (Å²) in [7, 11) is -3.39. The first-order valence-electron chi connectivity index (χ1n) is 7.06. The largest absolute Gasteiger partial charge is 0.374 e. The highest BCUT2D eigenvalue weighted by atomic mass is 32.2.